The average molecular weight is 389 g/mol. The normalized spacial score (nSPS) is 24.9. The number of aryl methyl sites for hydroxylation is 1. The number of hydrogen-bond donors (Lipinski definition) is 1. The van der Waals surface area contributed by atoms with E-state index in [4.69, 9.17) is 4.74 Å². The minimum absolute atomic E-state index is 0.195. The number of aromatic amines is 1. The van der Waals surface area contributed by atoms with Crippen LogP contribution in [0.4, 0.5) is 0 Å². The van der Waals surface area contributed by atoms with Crippen LogP contribution in [0.3, 0.4) is 0 Å². The molecular formula is C21H32N4O3. The van der Waals surface area contributed by atoms with Gasteiger partial charge in [0.1, 0.15) is 0 Å². The van der Waals surface area contributed by atoms with Gasteiger partial charge in [0.05, 0.1) is 12.3 Å². The number of H-pyrrole nitrogens is 1. The first-order chi connectivity index (χ1) is 13.6. The highest BCUT2D eigenvalue weighted by Gasteiger charge is 2.42. The Labute approximate surface area is 166 Å². The molecular weight excluding hydrogens is 356 g/mol. The zero-order chi connectivity index (χ0) is 19.4. The molecule has 1 aromatic rings. The number of hydrogen-bond acceptors (Lipinski definition) is 4. The van der Waals surface area contributed by atoms with Crippen molar-refractivity contribution in [2.45, 2.75) is 63.9 Å². The zero-order valence-electron chi connectivity index (χ0n) is 16.7. The van der Waals surface area contributed by atoms with Crippen molar-refractivity contribution in [3.63, 3.8) is 0 Å². The summed E-state index contributed by atoms with van der Waals surface area (Å²) in [5.41, 5.74) is 1.35. The van der Waals surface area contributed by atoms with Crippen molar-refractivity contribution in [2.75, 3.05) is 32.8 Å². The standard InChI is InChI=1S/C21H32N4O3/c26-19(5-1-3-17-13-22-23-14-17)24-10-8-21(9-11-24)7-6-20(27)25(16-21)15-18-4-2-12-28-18/h13-14,18H,1-12,15-16H2,(H,22,23)/t18-/m0/s1. The Kier molecular flexibility index (Phi) is 5.99. The van der Waals surface area contributed by atoms with E-state index in [-0.39, 0.29) is 23.3 Å². The van der Waals surface area contributed by atoms with Crippen LogP contribution in [0.1, 0.15) is 56.9 Å². The number of amides is 2. The lowest BCUT2D eigenvalue weighted by Crippen LogP contribution is -2.53. The van der Waals surface area contributed by atoms with Crippen LogP contribution < -0.4 is 0 Å². The number of nitrogens with one attached hydrogen (secondary N) is 1. The monoisotopic (exact) mass is 388 g/mol. The molecule has 0 aromatic carbocycles. The number of ether oxygens (including phenoxy) is 1. The molecule has 7 nitrogen and oxygen atoms in total. The van der Waals surface area contributed by atoms with Gasteiger partial charge in [0, 0.05) is 51.8 Å². The predicted molar refractivity (Wildman–Crippen MR) is 105 cm³/mol. The van der Waals surface area contributed by atoms with Gasteiger partial charge in [-0.25, -0.2) is 0 Å². The van der Waals surface area contributed by atoms with E-state index in [2.05, 4.69) is 10.2 Å². The maximum Gasteiger partial charge on any atom is 0.222 e. The molecule has 3 fully saturated rings. The molecule has 154 valence electrons. The maximum absolute atomic E-state index is 12.6. The SMILES string of the molecule is O=C(CCCc1cn[nH]c1)N1CCC2(CCC(=O)N(C[C@@H]3CCCO3)C2)CC1. The molecule has 3 saturated heterocycles. The molecule has 4 heterocycles. The van der Waals surface area contributed by atoms with E-state index >= 15 is 0 Å². The summed E-state index contributed by atoms with van der Waals surface area (Å²) in [5, 5.41) is 6.76. The fourth-order valence-electron chi connectivity index (χ4n) is 4.96. The fourth-order valence-corrected chi connectivity index (χ4v) is 4.96. The molecule has 1 spiro atoms. The minimum atomic E-state index is 0.195. The molecule has 1 aromatic heterocycles. The lowest BCUT2D eigenvalue weighted by molar-refractivity contribution is -0.144. The van der Waals surface area contributed by atoms with Gasteiger partial charge in [-0.3, -0.25) is 14.7 Å². The predicted octanol–water partition coefficient (Wildman–Crippen LogP) is 2.14. The molecule has 7 heteroatoms. The molecule has 0 radical (unpaired) electrons. The third kappa shape index (κ3) is 4.57. The number of likely N-dealkylation sites (tertiary alicyclic amines) is 2. The Bertz CT molecular complexity index is 661. The van der Waals surface area contributed by atoms with E-state index in [0.29, 0.717) is 12.8 Å². The van der Waals surface area contributed by atoms with Crippen molar-refractivity contribution in [1.82, 2.24) is 20.0 Å². The summed E-state index contributed by atoms with van der Waals surface area (Å²) in [6.07, 6.45) is 12.1. The molecule has 2 amide bonds. The summed E-state index contributed by atoms with van der Waals surface area (Å²) in [4.78, 5) is 29.0. The number of nitrogens with zero attached hydrogens (tertiary/aromatic N) is 3. The van der Waals surface area contributed by atoms with Gasteiger partial charge in [0.2, 0.25) is 11.8 Å². The second kappa shape index (κ2) is 8.64. The van der Waals surface area contributed by atoms with E-state index < -0.39 is 0 Å². The van der Waals surface area contributed by atoms with Crippen molar-refractivity contribution < 1.29 is 14.3 Å². The molecule has 4 rings (SSSR count). The largest absolute Gasteiger partial charge is 0.376 e. The Morgan fingerprint density at radius 2 is 2.18 bits per heavy atom. The quantitative estimate of drug-likeness (QED) is 0.810. The summed E-state index contributed by atoms with van der Waals surface area (Å²) >= 11 is 0. The summed E-state index contributed by atoms with van der Waals surface area (Å²) < 4.78 is 5.74. The van der Waals surface area contributed by atoms with Crippen molar-refractivity contribution in [1.29, 1.82) is 0 Å². The summed E-state index contributed by atoms with van der Waals surface area (Å²) in [7, 11) is 0. The fraction of sp³-hybridized carbons (Fsp3) is 0.762. The first-order valence-electron chi connectivity index (χ1n) is 10.8. The third-order valence-corrected chi connectivity index (χ3v) is 6.78. The van der Waals surface area contributed by atoms with Crippen LogP contribution in [-0.4, -0.2) is 70.7 Å². The van der Waals surface area contributed by atoms with E-state index in [9.17, 15) is 9.59 Å². The second-order valence-corrected chi connectivity index (χ2v) is 8.75. The van der Waals surface area contributed by atoms with Crippen LogP contribution >= 0.6 is 0 Å². The number of rotatable bonds is 6. The summed E-state index contributed by atoms with van der Waals surface area (Å²) in [6.45, 7) is 4.07. The zero-order valence-corrected chi connectivity index (χ0v) is 16.7. The van der Waals surface area contributed by atoms with E-state index in [1.807, 2.05) is 22.2 Å². The molecule has 3 aliphatic heterocycles. The van der Waals surface area contributed by atoms with Crippen molar-refractivity contribution in [2.24, 2.45) is 5.41 Å². The maximum atomic E-state index is 12.6. The molecule has 0 unspecified atom stereocenters. The second-order valence-electron chi connectivity index (χ2n) is 8.75. The van der Waals surface area contributed by atoms with Gasteiger partial charge in [-0.1, -0.05) is 0 Å². The van der Waals surface area contributed by atoms with E-state index in [1.165, 1.54) is 0 Å². The van der Waals surface area contributed by atoms with Crippen LogP contribution in [0.15, 0.2) is 12.4 Å². The van der Waals surface area contributed by atoms with Gasteiger partial charge in [0.25, 0.3) is 0 Å². The lowest BCUT2D eigenvalue weighted by atomic mass is 9.72. The minimum Gasteiger partial charge on any atom is -0.376 e. The Balaban J connectivity index is 1.24. The van der Waals surface area contributed by atoms with E-state index in [1.54, 1.807) is 0 Å². The Morgan fingerprint density at radius 3 is 2.89 bits per heavy atom. The van der Waals surface area contributed by atoms with Crippen LogP contribution in [0.5, 0.6) is 0 Å². The molecule has 1 N–H and O–H groups in total. The summed E-state index contributed by atoms with van der Waals surface area (Å²) in [6, 6.07) is 0. The topological polar surface area (TPSA) is 78.5 Å². The van der Waals surface area contributed by atoms with Gasteiger partial charge in [0.15, 0.2) is 0 Å². The lowest BCUT2D eigenvalue weighted by Gasteiger charge is -2.47. The van der Waals surface area contributed by atoms with Crippen LogP contribution in [0.25, 0.3) is 0 Å². The highest BCUT2D eigenvalue weighted by Crippen LogP contribution is 2.40. The number of carbonyl (C=O) groups is 2. The van der Waals surface area contributed by atoms with E-state index in [0.717, 1.165) is 83.3 Å². The van der Waals surface area contributed by atoms with Crippen LogP contribution in [0.2, 0.25) is 0 Å². The number of carbonyl (C=O) groups excluding carboxylic acids is 2. The highest BCUT2D eigenvalue weighted by atomic mass is 16.5. The molecule has 0 saturated carbocycles. The molecule has 28 heavy (non-hydrogen) atoms. The smallest absolute Gasteiger partial charge is 0.222 e. The van der Waals surface area contributed by atoms with Gasteiger partial charge < -0.3 is 14.5 Å². The molecule has 0 bridgehead atoms. The van der Waals surface area contributed by atoms with Crippen molar-refractivity contribution >= 4 is 11.8 Å². The van der Waals surface area contributed by atoms with Gasteiger partial charge >= 0.3 is 0 Å². The Morgan fingerprint density at radius 1 is 1.32 bits per heavy atom. The number of piperidine rings is 2. The van der Waals surface area contributed by atoms with Crippen LogP contribution in [-0.2, 0) is 20.7 Å². The van der Waals surface area contributed by atoms with Gasteiger partial charge in [-0.05, 0) is 55.9 Å². The first-order valence-corrected chi connectivity index (χ1v) is 10.8. The summed E-state index contributed by atoms with van der Waals surface area (Å²) in [5.74, 6) is 0.542. The third-order valence-electron chi connectivity index (χ3n) is 6.78. The number of aromatic nitrogens is 2. The van der Waals surface area contributed by atoms with Gasteiger partial charge in [-0.2, -0.15) is 5.10 Å². The van der Waals surface area contributed by atoms with Crippen LogP contribution in [0, 0.1) is 5.41 Å². The molecule has 1 atom stereocenters. The van der Waals surface area contributed by atoms with Gasteiger partial charge in [-0.15, -0.1) is 0 Å². The molecule has 0 aliphatic carbocycles. The van der Waals surface area contributed by atoms with Crippen molar-refractivity contribution in [3.8, 4) is 0 Å². The van der Waals surface area contributed by atoms with Crippen molar-refractivity contribution in [3.05, 3.63) is 18.0 Å². The highest BCUT2D eigenvalue weighted by molar-refractivity contribution is 5.77. The Hall–Kier alpha value is -1.89. The first kappa shape index (κ1) is 19.4. The average Bonchev–Trinajstić information content (AvgIpc) is 3.40. The molecule has 3 aliphatic rings.